The molecule has 7 heteroatoms. The summed E-state index contributed by atoms with van der Waals surface area (Å²) in [5.74, 6) is -0.278. The second kappa shape index (κ2) is 6.75. The van der Waals surface area contributed by atoms with Crippen molar-refractivity contribution in [2.45, 2.75) is 19.9 Å². The summed E-state index contributed by atoms with van der Waals surface area (Å²) in [5.41, 5.74) is -0.629. The zero-order chi connectivity index (χ0) is 13.5. The van der Waals surface area contributed by atoms with Gasteiger partial charge in [0, 0.05) is 32.0 Å². The normalized spacial score (nSPS) is 10.3. The maximum atomic E-state index is 11.5. The van der Waals surface area contributed by atoms with Gasteiger partial charge in [0.2, 0.25) is 5.91 Å². The molecule has 0 spiro atoms. The minimum atomic E-state index is -0.586. The molecule has 1 heterocycles. The number of H-pyrrole nitrogens is 1. The highest BCUT2D eigenvalue weighted by atomic mass is 16.5. The summed E-state index contributed by atoms with van der Waals surface area (Å²) in [5, 5.41) is 2.66. The van der Waals surface area contributed by atoms with Gasteiger partial charge >= 0.3 is 5.69 Å². The summed E-state index contributed by atoms with van der Waals surface area (Å²) < 4.78 is 6.01. The Morgan fingerprint density at radius 3 is 2.89 bits per heavy atom. The van der Waals surface area contributed by atoms with Crippen LogP contribution in [-0.4, -0.2) is 35.7 Å². The highest BCUT2D eigenvalue weighted by Gasteiger charge is 2.05. The van der Waals surface area contributed by atoms with Gasteiger partial charge in [0.15, 0.2) is 0 Å². The van der Waals surface area contributed by atoms with Gasteiger partial charge in [-0.25, -0.2) is 4.79 Å². The predicted molar refractivity (Wildman–Crippen MR) is 65.6 cm³/mol. The fourth-order valence-corrected chi connectivity index (χ4v) is 1.39. The Labute approximate surface area is 104 Å². The lowest BCUT2D eigenvalue weighted by Crippen LogP contribution is -2.36. The molecule has 0 bridgehead atoms. The number of ether oxygens (including phenoxy) is 1. The number of hydrogen-bond donors (Lipinski definition) is 2. The molecule has 0 aliphatic carbocycles. The van der Waals surface area contributed by atoms with Crippen molar-refractivity contribution in [2.24, 2.45) is 0 Å². The first-order valence-corrected chi connectivity index (χ1v) is 5.60. The average Bonchev–Trinajstić information content (AvgIpc) is 2.32. The number of rotatable bonds is 6. The van der Waals surface area contributed by atoms with Crippen LogP contribution in [0.1, 0.15) is 12.0 Å². The van der Waals surface area contributed by atoms with E-state index in [1.807, 2.05) is 0 Å². The maximum absolute atomic E-state index is 11.5. The lowest BCUT2D eigenvalue weighted by Gasteiger charge is -2.07. The first kappa shape index (κ1) is 14.2. The van der Waals surface area contributed by atoms with Gasteiger partial charge in [-0.15, -0.1) is 0 Å². The highest BCUT2D eigenvalue weighted by molar-refractivity contribution is 5.75. The second-order valence-corrected chi connectivity index (χ2v) is 3.90. The highest BCUT2D eigenvalue weighted by Crippen LogP contribution is 1.85. The molecule has 100 valence electrons. The van der Waals surface area contributed by atoms with Crippen molar-refractivity contribution in [3.63, 3.8) is 0 Å². The van der Waals surface area contributed by atoms with Crippen molar-refractivity contribution in [3.8, 4) is 0 Å². The SMILES string of the molecule is COCCCNC(=O)Cn1cc(C)c(=O)[nH]c1=O. The van der Waals surface area contributed by atoms with Crippen LogP contribution in [0.25, 0.3) is 0 Å². The van der Waals surface area contributed by atoms with Crippen LogP contribution in [-0.2, 0) is 16.1 Å². The Bertz CT molecular complexity index is 518. The number of aromatic nitrogens is 2. The number of carbonyl (C=O) groups is 1. The van der Waals surface area contributed by atoms with E-state index in [2.05, 4.69) is 10.3 Å². The van der Waals surface area contributed by atoms with E-state index < -0.39 is 11.2 Å². The molecule has 1 amide bonds. The van der Waals surface area contributed by atoms with E-state index in [0.29, 0.717) is 25.1 Å². The van der Waals surface area contributed by atoms with Crippen molar-refractivity contribution in [1.29, 1.82) is 0 Å². The van der Waals surface area contributed by atoms with Crippen LogP contribution in [0.15, 0.2) is 15.8 Å². The van der Waals surface area contributed by atoms with E-state index in [1.54, 1.807) is 14.0 Å². The molecular weight excluding hydrogens is 238 g/mol. The smallest absolute Gasteiger partial charge is 0.328 e. The van der Waals surface area contributed by atoms with Crippen molar-refractivity contribution >= 4 is 5.91 Å². The van der Waals surface area contributed by atoms with E-state index in [9.17, 15) is 14.4 Å². The molecule has 18 heavy (non-hydrogen) atoms. The molecule has 1 aromatic rings. The fraction of sp³-hybridized carbons (Fsp3) is 0.545. The molecule has 1 rings (SSSR count). The second-order valence-electron chi connectivity index (χ2n) is 3.90. The molecule has 2 N–H and O–H groups in total. The molecule has 7 nitrogen and oxygen atoms in total. The minimum Gasteiger partial charge on any atom is -0.385 e. The van der Waals surface area contributed by atoms with Crippen LogP contribution in [0.5, 0.6) is 0 Å². The Balaban J connectivity index is 2.57. The third-order valence-corrected chi connectivity index (χ3v) is 2.35. The van der Waals surface area contributed by atoms with Crippen LogP contribution in [0, 0.1) is 6.92 Å². The zero-order valence-corrected chi connectivity index (χ0v) is 10.5. The van der Waals surface area contributed by atoms with Gasteiger partial charge in [0.1, 0.15) is 6.54 Å². The lowest BCUT2D eigenvalue weighted by molar-refractivity contribution is -0.121. The molecule has 0 aliphatic rings. The Kier molecular flexibility index (Phi) is 5.31. The standard InChI is InChI=1S/C11H17N3O4/c1-8-6-14(11(17)13-10(8)16)7-9(15)12-4-3-5-18-2/h6H,3-5,7H2,1-2H3,(H,12,15)(H,13,16,17). The van der Waals surface area contributed by atoms with Crippen LogP contribution >= 0.6 is 0 Å². The van der Waals surface area contributed by atoms with Gasteiger partial charge < -0.3 is 10.1 Å². The van der Waals surface area contributed by atoms with Gasteiger partial charge in [0.25, 0.3) is 5.56 Å². The third kappa shape index (κ3) is 4.17. The predicted octanol–water partition coefficient (Wildman–Crippen LogP) is -1.00. The quantitative estimate of drug-likeness (QED) is 0.637. The topological polar surface area (TPSA) is 93.2 Å². The summed E-state index contributed by atoms with van der Waals surface area (Å²) in [6, 6.07) is 0. The molecule has 0 atom stereocenters. The van der Waals surface area contributed by atoms with Crippen LogP contribution in [0.2, 0.25) is 0 Å². The number of aromatic amines is 1. The van der Waals surface area contributed by atoms with Gasteiger partial charge in [-0.2, -0.15) is 0 Å². The molecule has 1 aromatic heterocycles. The molecule has 0 fully saturated rings. The molecule has 0 unspecified atom stereocenters. The summed E-state index contributed by atoms with van der Waals surface area (Å²) in [7, 11) is 1.59. The number of nitrogens with zero attached hydrogens (tertiary/aromatic N) is 1. The van der Waals surface area contributed by atoms with Crippen LogP contribution < -0.4 is 16.6 Å². The van der Waals surface area contributed by atoms with Crippen molar-refractivity contribution in [3.05, 3.63) is 32.6 Å². The summed E-state index contributed by atoms with van der Waals surface area (Å²) >= 11 is 0. The molecule has 0 saturated heterocycles. The van der Waals surface area contributed by atoms with E-state index in [1.165, 1.54) is 10.8 Å². The number of hydrogen-bond acceptors (Lipinski definition) is 4. The van der Waals surface area contributed by atoms with E-state index in [-0.39, 0.29) is 12.5 Å². The minimum absolute atomic E-state index is 0.108. The molecular formula is C11H17N3O4. The number of nitrogens with one attached hydrogen (secondary N) is 2. The number of methoxy groups -OCH3 is 1. The summed E-state index contributed by atoms with van der Waals surface area (Å²) in [4.78, 5) is 36.2. The zero-order valence-electron chi connectivity index (χ0n) is 10.5. The summed E-state index contributed by atoms with van der Waals surface area (Å²) in [6.45, 7) is 2.52. The van der Waals surface area contributed by atoms with Gasteiger partial charge in [-0.1, -0.05) is 0 Å². The Hall–Kier alpha value is -1.89. The van der Waals surface area contributed by atoms with Crippen LogP contribution in [0.3, 0.4) is 0 Å². The first-order chi connectivity index (χ1) is 8.54. The van der Waals surface area contributed by atoms with Gasteiger partial charge in [-0.3, -0.25) is 19.1 Å². The van der Waals surface area contributed by atoms with Crippen molar-refractivity contribution in [1.82, 2.24) is 14.9 Å². The number of carbonyl (C=O) groups excluding carboxylic acids is 1. The molecule has 0 aromatic carbocycles. The van der Waals surface area contributed by atoms with Crippen molar-refractivity contribution in [2.75, 3.05) is 20.3 Å². The average molecular weight is 255 g/mol. The van der Waals surface area contributed by atoms with Gasteiger partial charge in [0.05, 0.1) is 0 Å². The van der Waals surface area contributed by atoms with Gasteiger partial charge in [-0.05, 0) is 13.3 Å². The largest absolute Gasteiger partial charge is 0.385 e. The lowest BCUT2D eigenvalue weighted by atomic mass is 10.4. The number of aryl methyl sites for hydroxylation is 1. The third-order valence-electron chi connectivity index (χ3n) is 2.35. The van der Waals surface area contributed by atoms with E-state index in [0.717, 1.165) is 0 Å². The van der Waals surface area contributed by atoms with Crippen LogP contribution in [0.4, 0.5) is 0 Å². The molecule has 0 aliphatic heterocycles. The first-order valence-electron chi connectivity index (χ1n) is 5.60. The van der Waals surface area contributed by atoms with E-state index >= 15 is 0 Å². The fourth-order valence-electron chi connectivity index (χ4n) is 1.39. The Morgan fingerprint density at radius 2 is 2.22 bits per heavy atom. The van der Waals surface area contributed by atoms with E-state index in [4.69, 9.17) is 4.74 Å². The molecule has 0 radical (unpaired) electrons. The maximum Gasteiger partial charge on any atom is 0.328 e. The van der Waals surface area contributed by atoms with Crippen molar-refractivity contribution < 1.29 is 9.53 Å². The molecule has 0 saturated carbocycles. The summed E-state index contributed by atoms with van der Waals surface area (Å²) in [6.07, 6.45) is 2.08. The monoisotopic (exact) mass is 255 g/mol. The Morgan fingerprint density at radius 1 is 1.50 bits per heavy atom. The number of amides is 1.